The van der Waals surface area contributed by atoms with Gasteiger partial charge in [0.1, 0.15) is 5.75 Å². The molecule has 0 aromatic heterocycles. The van der Waals surface area contributed by atoms with Gasteiger partial charge < -0.3 is 4.74 Å². The van der Waals surface area contributed by atoms with Gasteiger partial charge in [-0.3, -0.25) is 10.2 Å². The summed E-state index contributed by atoms with van der Waals surface area (Å²) in [5.74, 6) is 5.56. The first-order valence-electron chi connectivity index (χ1n) is 5.38. The highest BCUT2D eigenvalue weighted by Gasteiger charge is 2.12. The van der Waals surface area contributed by atoms with E-state index in [-0.39, 0.29) is 18.4 Å². The lowest BCUT2D eigenvalue weighted by molar-refractivity contribution is -0.123. The molecule has 1 amide bonds. The molecule has 0 fully saturated rings. The van der Waals surface area contributed by atoms with E-state index >= 15 is 0 Å². The van der Waals surface area contributed by atoms with Gasteiger partial charge in [0, 0.05) is 5.02 Å². The second kappa shape index (κ2) is 5.89. The van der Waals surface area contributed by atoms with Crippen LogP contribution in [-0.4, -0.2) is 12.5 Å². The Hall–Kier alpha value is -1.26. The summed E-state index contributed by atoms with van der Waals surface area (Å²) in [4.78, 5) is 11.0. The summed E-state index contributed by atoms with van der Waals surface area (Å²) in [6.07, 6.45) is 0. The highest BCUT2D eigenvalue weighted by atomic mass is 35.5. The van der Waals surface area contributed by atoms with Crippen molar-refractivity contribution in [2.24, 2.45) is 5.84 Å². The van der Waals surface area contributed by atoms with Crippen LogP contribution in [0.5, 0.6) is 5.75 Å². The molecule has 5 heteroatoms. The van der Waals surface area contributed by atoms with Crippen LogP contribution in [0.25, 0.3) is 0 Å². The third kappa shape index (κ3) is 3.61. The number of ether oxygens (including phenoxy) is 1. The molecule has 0 saturated carbocycles. The average Bonchev–Trinajstić information content (AvgIpc) is 2.29. The zero-order chi connectivity index (χ0) is 13.0. The lowest BCUT2D eigenvalue weighted by Crippen LogP contribution is -2.34. The summed E-state index contributed by atoms with van der Waals surface area (Å²) in [7, 11) is 0. The summed E-state index contributed by atoms with van der Waals surface area (Å²) in [6, 6.07) is 3.71. The second-order valence-electron chi connectivity index (χ2n) is 4.15. The Labute approximate surface area is 106 Å². The number of nitrogens with one attached hydrogen (secondary N) is 1. The van der Waals surface area contributed by atoms with Crippen LogP contribution in [0.15, 0.2) is 12.1 Å². The fourth-order valence-electron chi connectivity index (χ4n) is 1.43. The third-order valence-corrected chi connectivity index (χ3v) is 2.84. The van der Waals surface area contributed by atoms with E-state index in [0.29, 0.717) is 10.8 Å². The Bertz CT molecular complexity index is 419. The molecule has 1 rings (SSSR count). The normalized spacial score (nSPS) is 10.5. The van der Waals surface area contributed by atoms with Crippen molar-refractivity contribution < 1.29 is 9.53 Å². The van der Waals surface area contributed by atoms with E-state index in [9.17, 15) is 4.79 Å². The van der Waals surface area contributed by atoms with E-state index in [1.807, 2.05) is 38.3 Å². The number of benzene rings is 1. The SMILES string of the molecule is Cc1cc(OCC(=O)NN)c(C(C)C)cc1Cl. The maximum absolute atomic E-state index is 11.0. The number of hydrogen-bond donors (Lipinski definition) is 2. The van der Waals surface area contributed by atoms with E-state index in [1.54, 1.807) is 0 Å². The molecule has 94 valence electrons. The number of nitrogens with two attached hydrogens (primary N) is 1. The summed E-state index contributed by atoms with van der Waals surface area (Å²) in [5.41, 5.74) is 3.91. The van der Waals surface area contributed by atoms with Crippen molar-refractivity contribution in [3.05, 3.63) is 28.3 Å². The fraction of sp³-hybridized carbons (Fsp3) is 0.417. The Morgan fingerprint density at radius 3 is 2.71 bits per heavy atom. The molecule has 3 N–H and O–H groups in total. The minimum absolute atomic E-state index is 0.0999. The summed E-state index contributed by atoms with van der Waals surface area (Å²) in [6.45, 7) is 5.87. The number of aryl methyl sites for hydroxylation is 1. The van der Waals surface area contributed by atoms with Crippen LogP contribution in [-0.2, 0) is 4.79 Å². The van der Waals surface area contributed by atoms with Gasteiger partial charge in [0.25, 0.3) is 5.91 Å². The molecular weight excluding hydrogens is 240 g/mol. The van der Waals surface area contributed by atoms with Crippen LogP contribution >= 0.6 is 11.6 Å². The fourth-order valence-corrected chi connectivity index (χ4v) is 1.60. The predicted octanol–water partition coefficient (Wildman–Crippen LogP) is 2.14. The van der Waals surface area contributed by atoms with Gasteiger partial charge in [-0.15, -0.1) is 0 Å². The van der Waals surface area contributed by atoms with Gasteiger partial charge in [-0.1, -0.05) is 25.4 Å². The first-order chi connectivity index (χ1) is 7.95. The first kappa shape index (κ1) is 13.8. The Kier molecular flexibility index (Phi) is 4.78. The monoisotopic (exact) mass is 256 g/mol. The van der Waals surface area contributed by atoms with Gasteiger partial charge in [-0.25, -0.2) is 5.84 Å². The molecule has 0 atom stereocenters. The number of rotatable bonds is 4. The van der Waals surface area contributed by atoms with Gasteiger partial charge in [-0.05, 0) is 36.1 Å². The van der Waals surface area contributed by atoms with Gasteiger partial charge in [0.15, 0.2) is 6.61 Å². The van der Waals surface area contributed by atoms with E-state index < -0.39 is 0 Å². The second-order valence-corrected chi connectivity index (χ2v) is 4.56. The lowest BCUT2D eigenvalue weighted by atomic mass is 10.0. The van der Waals surface area contributed by atoms with Crippen molar-refractivity contribution in [2.75, 3.05) is 6.61 Å². The van der Waals surface area contributed by atoms with Crippen molar-refractivity contribution in [3.8, 4) is 5.75 Å². The number of hydrazine groups is 1. The molecule has 17 heavy (non-hydrogen) atoms. The van der Waals surface area contributed by atoms with Gasteiger partial charge in [0.2, 0.25) is 0 Å². The number of carbonyl (C=O) groups is 1. The molecule has 0 spiro atoms. The van der Waals surface area contributed by atoms with Crippen LogP contribution in [0.2, 0.25) is 5.02 Å². The van der Waals surface area contributed by atoms with Gasteiger partial charge in [-0.2, -0.15) is 0 Å². The number of amides is 1. The zero-order valence-electron chi connectivity index (χ0n) is 10.2. The van der Waals surface area contributed by atoms with Crippen molar-refractivity contribution in [2.45, 2.75) is 26.7 Å². The van der Waals surface area contributed by atoms with Gasteiger partial charge >= 0.3 is 0 Å². The van der Waals surface area contributed by atoms with Crippen LogP contribution in [0.3, 0.4) is 0 Å². The quantitative estimate of drug-likeness (QED) is 0.493. The number of halogens is 1. The van der Waals surface area contributed by atoms with Crippen LogP contribution < -0.4 is 16.0 Å². The zero-order valence-corrected chi connectivity index (χ0v) is 11.0. The Morgan fingerprint density at radius 1 is 1.53 bits per heavy atom. The Morgan fingerprint density at radius 2 is 2.18 bits per heavy atom. The van der Waals surface area contributed by atoms with Crippen molar-refractivity contribution in [3.63, 3.8) is 0 Å². The largest absolute Gasteiger partial charge is 0.483 e. The molecule has 0 aliphatic heterocycles. The molecule has 4 nitrogen and oxygen atoms in total. The highest BCUT2D eigenvalue weighted by molar-refractivity contribution is 6.31. The molecular formula is C12H17ClN2O2. The van der Waals surface area contributed by atoms with Crippen molar-refractivity contribution >= 4 is 17.5 Å². The van der Waals surface area contributed by atoms with E-state index in [2.05, 4.69) is 0 Å². The molecule has 0 bridgehead atoms. The summed E-state index contributed by atoms with van der Waals surface area (Å²) in [5, 5.41) is 0.698. The lowest BCUT2D eigenvalue weighted by Gasteiger charge is -2.15. The number of hydrogen-bond acceptors (Lipinski definition) is 3. The standard InChI is InChI=1S/C12H17ClN2O2/c1-7(2)9-5-10(13)8(3)4-11(9)17-6-12(16)15-14/h4-5,7H,6,14H2,1-3H3,(H,15,16). The summed E-state index contributed by atoms with van der Waals surface area (Å²) < 4.78 is 5.44. The van der Waals surface area contributed by atoms with Gasteiger partial charge in [0.05, 0.1) is 0 Å². The molecule has 0 aliphatic rings. The van der Waals surface area contributed by atoms with Crippen LogP contribution in [0, 0.1) is 6.92 Å². The number of carbonyl (C=O) groups excluding carboxylic acids is 1. The molecule has 0 saturated heterocycles. The average molecular weight is 257 g/mol. The molecule has 0 heterocycles. The topological polar surface area (TPSA) is 64.3 Å². The van der Waals surface area contributed by atoms with E-state index in [4.69, 9.17) is 22.2 Å². The first-order valence-corrected chi connectivity index (χ1v) is 5.75. The molecule has 0 aliphatic carbocycles. The van der Waals surface area contributed by atoms with Crippen molar-refractivity contribution in [1.82, 2.24) is 5.43 Å². The maximum Gasteiger partial charge on any atom is 0.271 e. The third-order valence-electron chi connectivity index (χ3n) is 2.43. The summed E-state index contributed by atoms with van der Waals surface area (Å²) >= 11 is 6.07. The molecule has 1 aromatic rings. The molecule has 0 unspecified atom stereocenters. The predicted molar refractivity (Wildman–Crippen MR) is 68.1 cm³/mol. The highest BCUT2D eigenvalue weighted by Crippen LogP contribution is 2.31. The van der Waals surface area contributed by atoms with E-state index in [1.165, 1.54) is 0 Å². The molecule has 0 radical (unpaired) electrons. The Balaban J connectivity index is 2.96. The maximum atomic E-state index is 11.0. The molecule has 1 aromatic carbocycles. The minimum atomic E-state index is -0.368. The minimum Gasteiger partial charge on any atom is -0.483 e. The van der Waals surface area contributed by atoms with Crippen LogP contribution in [0.4, 0.5) is 0 Å². The smallest absolute Gasteiger partial charge is 0.271 e. The van der Waals surface area contributed by atoms with E-state index in [0.717, 1.165) is 11.1 Å². The van der Waals surface area contributed by atoms with Crippen molar-refractivity contribution in [1.29, 1.82) is 0 Å². The van der Waals surface area contributed by atoms with Crippen LogP contribution in [0.1, 0.15) is 30.9 Å².